The summed E-state index contributed by atoms with van der Waals surface area (Å²) in [5, 5.41) is 19.4. The number of allylic oxidation sites excluding steroid dienone is 2. The zero-order valence-corrected chi connectivity index (χ0v) is 12.6. The van der Waals surface area contributed by atoms with Crippen LogP contribution in [0.15, 0.2) is 47.6 Å². The van der Waals surface area contributed by atoms with Crippen LogP contribution in [0, 0.1) is 17.2 Å². The van der Waals surface area contributed by atoms with Gasteiger partial charge in [-0.1, -0.05) is 30.4 Å². The quantitative estimate of drug-likeness (QED) is 0.893. The Balaban J connectivity index is 2.26. The molecule has 1 fully saturated rings. The molecule has 5 heteroatoms. The molecule has 3 rings (SSSR count). The molecule has 1 aromatic rings. The van der Waals surface area contributed by atoms with E-state index in [0.717, 1.165) is 12.8 Å². The van der Waals surface area contributed by atoms with Crippen LogP contribution < -0.4 is 0 Å². The van der Waals surface area contributed by atoms with E-state index in [0.29, 0.717) is 5.57 Å². The second kappa shape index (κ2) is 5.33. The summed E-state index contributed by atoms with van der Waals surface area (Å²) >= 11 is 0. The van der Waals surface area contributed by atoms with Crippen molar-refractivity contribution in [2.45, 2.75) is 25.7 Å². The van der Waals surface area contributed by atoms with E-state index in [1.165, 1.54) is 31.2 Å². The average Bonchev–Trinajstić information content (AvgIpc) is 3.32. The molecule has 0 bridgehead atoms. The van der Waals surface area contributed by atoms with Crippen molar-refractivity contribution in [1.29, 1.82) is 0 Å². The SMILES string of the molecule is CC1(C(=O)O)C=CC(C2CC2)=C(C(=O)O)C1c1ccccc1F. The van der Waals surface area contributed by atoms with E-state index in [4.69, 9.17) is 0 Å². The molecule has 23 heavy (non-hydrogen) atoms. The number of carboxylic acids is 2. The minimum absolute atomic E-state index is 0.00463. The van der Waals surface area contributed by atoms with Crippen LogP contribution in [0.3, 0.4) is 0 Å². The van der Waals surface area contributed by atoms with Crippen molar-refractivity contribution < 1.29 is 24.2 Å². The number of carboxylic acid groups (broad SMARTS) is 2. The molecule has 0 heterocycles. The summed E-state index contributed by atoms with van der Waals surface area (Å²) in [5.74, 6) is -3.87. The van der Waals surface area contributed by atoms with E-state index in [9.17, 15) is 24.2 Å². The van der Waals surface area contributed by atoms with E-state index in [2.05, 4.69) is 0 Å². The predicted molar refractivity (Wildman–Crippen MR) is 81.4 cm³/mol. The fourth-order valence-corrected chi connectivity index (χ4v) is 3.30. The number of hydrogen-bond acceptors (Lipinski definition) is 2. The molecule has 2 aliphatic carbocycles. The summed E-state index contributed by atoms with van der Waals surface area (Å²) in [6, 6.07) is 5.79. The van der Waals surface area contributed by atoms with Gasteiger partial charge in [0.2, 0.25) is 0 Å². The van der Waals surface area contributed by atoms with Gasteiger partial charge in [-0.2, -0.15) is 0 Å². The molecule has 0 radical (unpaired) electrons. The Labute approximate surface area is 132 Å². The molecular weight excluding hydrogens is 299 g/mol. The third-order valence-corrected chi connectivity index (χ3v) is 4.73. The van der Waals surface area contributed by atoms with Crippen molar-refractivity contribution in [3.8, 4) is 0 Å². The molecule has 1 saturated carbocycles. The van der Waals surface area contributed by atoms with Gasteiger partial charge in [-0.15, -0.1) is 0 Å². The average molecular weight is 316 g/mol. The molecular formula is C18H17FO4. The van der Waals surface area contributed by atoms with Crippen LogP contribution in [0.4, 0.5) is 4.39 Å². The molecule has 0 aromatic heterocycles. The maximum Gasteiger partial charge on any atom is 0.332 e. The summed E-state index contributed by atoms with van der Waals surface area (Å²) in [6.07, 6.45) is 4.87. The monoisotopic (exact) mass is 316 g/mol. The van der Waals surface area contributed by atoms with Gasteiger partial charge in [0.05, 0.1) is 5.41 Å². The highest BCUT2D eigenvalue weighted by molar-refractivity contribution is 5.94. The lowest BCUT2D eigenvalue weighted by atomic mass is 9.65. The fraction of sp³-hybridized carbons (Fsp3) is 0.333. The Hall–Kier alpha value is -2.43. The summed E-state index contributed by atoms with van der Waals surface area (Å²) in [4.78, 5) is 23.7. The van der Waals surface area contributed by atoms with Gasteiger partial charge in [0.25, 0.3) is 0 Å². The summed E-state index contributed by atoms with van der Waals surface area (Å²) in [5.41, 5.74) is -0.763. The number of carbonyl (C=O) groups is 2. The summed E-state index contributed by atoms with van der Waals surface area (Å²) in [7, 11) is 0. The van der Waals surface area contributed by atoms with Crippen molar-refractivity contribution in [3.05, 3.63) is 58.9 Å². The first-order chi connectivity index (χ1) is 10.9. The second-order valence-corrected chi connectivity index (χ2v) is 6.32. The fourth-order valence-electron chi connectivity index (χ4n) is 3.30. The van der Waals surface area contributed by atoms with E-state index in [1.807, 2.05) is 0 Å². The van der Waals surface area contributed by atoms with Crippen LogP contribution in [0.2, 0.25) is 0 Å². The van der Waals surface area contributed by atoms with Crippen molar-refractivity contribution in [1.82, 2.24) is 0 Å². The first-order valence-electron chi connectivity index (χ1n) is 7.50. The molecule has 0 aliphatic heterocycles. The predicted octanol–water partition coefficient (Wildman–Crippen LogP) is 3.36. The molecule has 0 amide bonds. The third kappa shape index (κ3) is 2.46. The second-order valence-electron chi connectivity index (χ2n) is 6.32. The molecule has 2 unspecified atom stereocenters. The van der Waals surface area contributed by atoms with Crippen LogP contribution in [0.1, 0.15) is 31.2 Å². The lowest BCUT2D eigenvalue weighted by Gasteiger charge is -2.36. The van der Waals surface area contributed by atoms with Gasteiger partial charge in [-0.25, -0.2) is 9.18 Å². The van der Waals surface area contributed by atoms with Gasteiger partial charge in [-0.3, -0.25) is 4.79 Å². The molecule has 2 atom stereocenters. The minimum Gasteiger partial charge on any atom is -0.481 e. The van der Waals surface area contributed by atoms with Crippen LogP contribution in [0.5, 0.6) is 0 Å². The highest BCUT2D eigenvalue weighted by Crippen LogP contribution is 2.52. The lowest BCUT2D eigenvalue weighted by molar-refractivity contribution is -0.146. The maximum atomic E-state index is 14.3. The van der Waals surface area contributed by atoms with Gasteiger partial charge in [0.1, 0.15) is 5.82 Å². The molecule has 0 saturated heterocycles. The Bertz CT molecular complexity index is 745. The Morgan fingerprint density at radius 1 is 1.22 bits per heavy atom. The van der Waals surface area contributed by atoms with E-state index < -0.39 is 29.1 Å². The van der Waals surface area contributed by atoms with E-state index in [-0.39, 0.29) is 17.1 Å². The van der Waals surface area contributed by atoms with Crippen molar-refractivity contribution in [3.63, 3.8) is 0 Å². The Morgan fingerprint density at radius 2 is 1.87 bits per heavy atom. The molecule has 120 valence electrons. The molecule has 2 aliphatic rings. The van der Waals surface area contributed by atoms with Gasteiger partial charge in [-0.05, 0) is 42.9 Å². The van der Waals surface area contributed by atoms with Crippen molar-refractivity contribution >= 4 is 11.9 Å². The highest BCUT2D eigenvalue weighted by atomic mass is 19.1. The third-order valence-electron chi connectivity index (χ3n) is 4.73. The largest absolute Gasteiger partial charge is 0.481 e. The molecule has 4 nitrogen and oxygen atoms in total. The minimum atomic E-state index is -1.51. The maximum absolute atomic E-state index is 14.3. The smallest absolute Gasteiger partial charge is 0.332 e. The van der Waals surface area contributed by atoms with Crippen molar-refractivity contribution in [2.75, 3.05) is 0 Å². The van der Waals surface area contributed by atoms with Crippen LogP contribution >= 0.6 is 0 Å². The Kier molecular flexibility index (Phi) is 3.59. The van der Waals surface area contributed by atoms with Crippen LogP contribution in [-0.4, -0.2) is 22.2 Å². The number of halogens is 1. The van der Waals surface area contributed by atoms with Gasteiger partial charge < -0.3 is 10.2 Å². The summed E-state index contributed by atoms with van der Waals surface area (Å²) < 4.78 is 14.3. The van der Waals surface area contributed by atoms with E-state index in [1.54, 1.807) is 12.1 Å². The number of rotatable bonds is 4. The number of aliphatic carboxylic acids is 2. The summed E-state index contributed by atoms with van der Waals surface area (Å²) in [6.45, 7) is 1.44. The van der Waals surface area contributed by atoms with Crippen LogP contribution in [0.25, 0.3) is 0 Å². The molecule has 1 aromatic carbocycles. The lowest BCUT2D eigenvalue weighted by Crippen LogP contribution is -2.38. The van der Waals surface area contributed by atoms with E-state index >= 15 is 0 Å². The van der Waals surface area contributed by atoms with Gasteiger partial charge in [0, 0.05) is 11.5 Å². The van der Waals surface area contributed by atoms with Gasteiger partial charge in [0.15, 0.2) is 0 Å². The molecule has 2 N–H and O–H groups in total. The highest BCUT2D eigenvalue weighted by Gasteiger charge is 2.49. The standard InChI is InChI=1S/C18H17FO4/c1-18(17(22)23)9-8-11(10-6-7-10)14(16(20)21)15(18)12-4-2-3-5-13(12)19/h2-5,8-10,15H,6-7H2,1H3,(H,20,21)(H,22,23). The number of hydrogen-bond donors (Lipinski definition) is 2. The normalized spacial score (nSPS) is 27.1. The topological polar surface area (TPSA) is 74.6 Å². The Morgan fingerprint density at radius 3 is 2.39 bits per heavy atom. The molecule has 0 spiro atoms. The van der Waals surface area contributed by atoms with Crippen molar-refractivity contribution in [2.24, 2.45) is 11.3 Å². The van der Waals surface area contributed by atoms with Crippen LogP contribution in [-0.2, 0) is 9.59 Å². The first-order valence-corrected chi connectivity index (χ1v) is 7.50. The zero-order chi connectivity index (χ0) is 16.8. The zero-order valence-electron chi connectivity index (χ0n) is 12.6. The first kappa shape index (κ1) is 15.5. The van der Waals surface area contributed by atoms with Gasteiger partial charge >= 0.3 is 11.9 Å². The number of benzene rings is 1.